The number of thiazole rings is 1. The summed E-state index contributed by atoms with van der Waals surface area (Å²) in [5, 5.41) is 4.19. The number of aryl methyl sites for hydroxylation is 1. The van der Waals surface area contributed by atoms with Crippen molar-refractivity contribution in [2.75, 3.05) is 17.3 Å². The summed E-state index contributed by atoms with van der Waals surface area (Å²) in [5.41, 5.74) is 1.34. The molecular formula is C13H14FN3OS2. The molecule has 0 unspecified atom stereocenters. The van der Waals surface area contributed by atoms with Crippen LogP contribution in [0.5, 0.6) is 0 Å². The van der Waals surface area contributed by atoms with Crippen LogP contribution in [0.25, 0.3) is 10.6 Å². The molecule has 0 aliphatic heterocycles. The van der Waals surface area contributed by atoms with E-state index >= 15 is 0 Å². The van der Waals surface area contributed by atoms with E-state index in [0.717, 1.165) is 17.6 Å². The number of nitrogens with zero attached hydrogens (tertiary/aromatic N) is 2. The van der Waals surface area contributed by atoms with Crippen LogP contribution in [-0.4, -0.2) is 27.9 Å². The van der Waals surface area contributed by atoms with Crippen LogP contribution < -0.4 is 5.32 Å². The smallest absolute Gasteiger partial charge is 0.225 e. The molecule has 0 aliphatic carbocycles. The van der Waals surface area contributed by atoms with Gasteiger partial charge in [-0.25, -0.2) is 9.37 Å². The Morgan fingerprint density at radius 3 is 3.00 bits per heavy atom. The number of halogens is 1. The highest BCUT2D eigenvalue weighted by Gasteiger charge is 2.12. The van der Waals surface area contributed by atoms with Gasteiger partial charge in [0.15, 0.2) is 0 Å². The lowest BCUT2D eigenvalue weighted by Gasteiger charge is -2.01. The number of anilines is 1. The van der Waals surface area contributed by atoms with Crippen molar-refractivity contribution >= 4 is 34.0 Å². The summed E-state index contributed by atoms with van der Waals surface area (Å²) in [6, 6.07) is 1.38. The standard InChI is InChI=1S/C13H14FN3OS2/c1-8-12(17-11(18)3-4-19-2)20-13(16-8)9-5-10(14)7-15-6-9/h5-7H,3-4H2,1-2H3,(H,17,18). The zero-order valence-electron chi connectivity index (χ0n) is 11.1. The van der Waals surface area contributed by atoms with Crippen LogP contribution in [0.15, 0.2) is 18.5 Å². The third-order valence-electron chi connectivity index (χ3n) is 2.53. The number of carbonyl (C=O) groups is 1. The Kier molecular flexibility index (Phi) is 5.08. The number of aromatic nitrogens is 2. The van der Waals surface area contributed by atoms with Gasteiger partial charge in [-0.15, -0.1) is 0 Å². The second kappa shape index (κ2) is 6.81. The van der Waals surface area contributed by atoms with Crippen LogP contribution in [0.4, 0.5) is 9.39 Å². The summed E-state index contributed by atoms with van der Waals surface area (Å²) in [6.07, 6.45) is 5.13. The van der Waals surface area contributed by atoms with Gasteiger partial charge in [-0.05, 0) is 19.2 Å². The fourth-order valence-corrected chi connectivity index (χ4v) is 2.90. The van der Waals surface area contributed by atoms with Gasteiger partial charge in [0.25, 0.3) is 0 Å². The van der Waals surface area contributed by atoms with Gasteiger partial charge >= 0.3 is 0 Å². The zero-order chi connectivity index (χ0) is 14.5. The van der Waals surface area contributed by atoms with Crippen molar-refractivity contribution in [2.24, 2.45) is 0 Å². The van der Waals surface area contributed by atoms with Crippen LogP contribution in [0.3, 0.4) is 0 Å². The molecule has 0 fully saturated rings. The lowest BCUT2D eigenvalue weighted by molar-refractivity contribution is -0.115. The molecule has 0 saturated carbocycles. The molecule has 2 heterocycles. The van der Waals surface area contributed by atoms with E-state index in [0.29, 0.717) is 22.0 Å². The highest BCUT2D eigenvalue weighted by molar-refractivity contribution is 7.98. The molecule has 0 aliphatic rings. The van der Waals surface area contributed by atoms with Crippen LogP contribution in [0.1, 0.15) is 12.1 Å². The molecule has 2 rings (SSSR count). The molecule has 1 amide bonds. The SMILES string of the molecule is CSCCC(=O)Nc1sc(-c2cncc(F)c2)nc1C. The van der Waals surface area contributed by atoms with Crippen molar-refractivity contribution in [1.82, 2.24) is 9.97 Å². The van der Waals surface area contributed by atoms with Gasteiger partial charge in [-0.1, -0.05) is 11.3 Å². The molecule has 0 radical (unpaired) electrons. The number of pyridine rings is 1. The van der Waals surface area contributed by atoms with Crippen molar-refractivity contribution in [3.8, 4) is 10.6 Å². The highest BCUT2D eigenvalue weighted by Crippen LogP contribution is 2.31. The summed E-state index contributed by atoms with van der Waals surface area (Å²) in [4.78, 5) is 19.9. The summed E-state index contributed by atoms with van der Waals surface area (Å²) in [5.74, 6) is 0.348. The first-order valence-corrected chi connectivity index (χ1v) is 8.18. The Morgan fingerprint density at radius 2 is 2.30 bits per heavy atom. The zero-order valence-corrected chi connectivity index (χ0v) is 12.8. The minimum absolute atomic E-state index is 0.0324. The number of rotatable bonds is 5. The minimum Gasteiger partial charge on any atom is -0.316 e. The van der Waals surface area contributed by atoms with Crippen LogP contribution in [0, 0.1) is 12.7 Å². The summed E-state index contributed by atoms with van der Waals surface area (Å²) in [7, 11) is 0. The minimum atomic E-state index is -0.402. The molecule has 0 saturated heterocycles. The van der Waals surface area contributed by atoms with E-state index < -0.39 is 5.82 Å². The van der Waals surface area contributed by atoms with Gasteiger partial charge in [0, 0.05) is 23.9 Å². The summed E-state index contributed by atoms with van der Waals surface area (Å²) >= 11 is 2.95. The molecule has 0 spiro atoms. The quantitative estimate of drug-likeness (QED) is 0.920. The number of hydrogen-bond acceptors (Lipinski definition) is 5. The van der Waals surface area contributed by atoms with E-state index in [-0.39, 0.29) is 5.91 Å². The van der Waals surface area contributed by atoms with Gasteiger partial charge in [0.05, 0.1) is 11.9 Å². The van der Waals surface area contributed by atoms with Crippen molar-refractivity contribution < 1.29 is 9.18 Å². The Labute approximate surface area is 124 Å². The molecule has 1 N–H and O–H groups in total. The number of hydrogen-bond donors (Lipinski definition) is 1. The van der Waals surface area contributed by atoms with Gasteiger partial charge in [0.1, 0.15) is 15.8 Å². The highest BCUT2D eigenvalue weighted by atomic mass is 32.2. The fourth-order valence-electron chi connectivity index (χ4n) is 1.55. The van der Waals surface area contributed by atoms with Crippen molar-refractivity contribution in [1.29, 1.82) is 0 Å². The van der Waals surface area contributed by atoms with Crippen LogP contribution in [0.2, 0.25) is 0 Å². The van der Waals surface area contributed by atoms with Crippen molar-refractivity contribution in [3.05, 3.63) is 30.0 Å². The maximum Gasteiger partial charge on any atom is 0.225 e. The molecule has 7 heteroatoms. The van der Waals surface area contributed by atoms with E-state index in [1.807, 2.05) is 13.2 Å². The number of nitrogens with one attached hydrogen (secondary N) is 1. The van der Waals surface area contributed by atoms with Crippen molar-refractivity contribution in [3.63, 3.8) is 0 Å². The largest absolute Gasteiger partial charge is 0.316 e. The third kappa shape index (κ3) is 3.77. The molecule has 4 nitrogen and oxygen atoms in total. The van der Waals surface area contributed by atoms with E-state index in [1.54, 1.807) is 18.0 Å². The Bertz CT molecular complexity index is 615. The molecule has 20 heavy (non-hydrogen) atoms. The van der Waals surface area contributed by atoms with Gasteiger partial charge in [-0.2, -0.15) is 11.8 Å². The third-order valence-corrected chi connectivity index (χ3v) is 4.27. The molecule has 2 aromatic rings. The topological polar surface area (TPSA) is 54.9 Å². The number of carbonyl (C=O) groups excluding carboxylic acids is 1. The molecule has 106 valence electrons. The Morgan fingerprint density at radius 1 is 1.50 bits per heavy atom. The average molecular weight is 311 g/mol. The fraction of sp³-hybridized carbons (Fsp3) is 0.308. The molecule has 0 bridgehead atoms. The number of thioether (sulfide) groups is 1. The van der Waals surface area contributed by atoms with E-state index in [1.165, 1.54) is 17.4 Å². The van der Waals surface area contributed by atoms with E-state index in [4.69, 9.17) is 0 Å². The first kappa shape index (κ1) is 14.9. The maximum atomic E-state index is 13.2. The normalized spacial score (nSPS) is 10.6. The van der Waals surface area contributed by atoms with Crippen LogP contribution >= 0.6 is 23.1 Å². The van der Waals surface area contributed by atoms with Gasteiger partial charge < -0.3 is 5.32 Å². The molecule has 0 aromatic carbocycles. The lowest BCUT2D eigenvalue weighted by Crippen LogP contribution is -2.11. The summed E-state index contributed by atoms with van der Waals surface area (Å²) < 4.78 is 13.2. The second-order valence-electron chi connectivity index (χ2n) is 4.12. The lowest BCUT2D eigenvalue weighted by atomic mass is 10.3. The monoisotopic (exact) mass is 311 g/mol. The molecule has 0 atom stereocenters. The number of amides is 1. The van der Waals surface area contributed by atoms with Crippen molar-refractivity contribution in [2.45, 2.75) is 13.3 Å². The van der Waals surface area contributed by atoms with E-state index in [9.17, 15) is 9.18 Å². The van der Waals surface area contributed by atoms with Crippen LogP contribution in [-0.2, 0) is 4.79 Å². The Balaban J connectivity index is 2.15. The maximum absolute atomic E-state index is 13.2. The Hall–Kier alpha value is -1.47. The average Bonchev–Trinajstić information content (AvgIpc) is 2.78. The first-order valence-electron chi connectivity index (χ1n) is 5.97. The predicted molar refractivity (Wildman–Crippen MR) is 81.7 cm³/mol. The summed E-state index contributed by atoms with van der Waals surface area (Å²) in [6.45, 7) is 1.82. The van der Waals surface area contributed by atoms with Gasteiger partial charge in [-0.3, -0.25) is 9.78 Å². The molecule has 2 aromatic heterocycles. The second-order valence-corrected chi connectivity index (χ2v) is 6.10. The van der Waals surface area contributed by atoms with Gasteiger partial charge in [0.2, 0.25) is 5.91 Å². The van der Waals surface area contributed by atoms with E-state index in [2.05, 4.69) is 15.3 Å². The predicted octanol–water partition coefficient (Wildman–Crippen LogP) is 3.34. The first-order chi connectivity index (χ1) is 9.60. The molecular weight excluding hydrogens is 297 g/mol.